The number of nitrogens with one attached hydrogen (secondary N) is 1. The van der Waals surface area contributed by atoms with Gasteiger partial charge in [-0.15, -0.1) is 0 Å². The number of rotatable bonds is 4. The number of quaternary nitrogens is 1. The SMILES string of the molecule is C[C@H]1CCCC[NH+]1Cc1c(O)ccc2c(=O)c(Oc3ccccc3Br)c(C(F)(F)F)oc12. The standard InChI is InChI=1S/C23H21BrF3NO4/c1-13-6-4-5-11-28(13)12-15-17(29)10-9-14-19(30)21(22(23(25,26)27)32-20(14)15)31-18-8-3-2-7-16(18)24/h2-3,7-10,13,29H,4-6,11-12H2,1H3/p+1/t13-/m0/s1. The first-order valence-corrected chi connectivity index (χ1v) is 11.1. The fraction of sp³-hybridized carbons (Fsp3) is 0.348. The quantitative estimate of drug-likeness (QED) is 0.514. The van der Waals surface area contributed by atoms with Gasteiger partial charge in [0.2, 0.25) is 11.2 Å². The maximum Gasteiger partial charge on any atom is 0.453 e. The number of benzene rings is 2. The topological polar surface area (TPSA) is 64.1 Å². The Kier molecular flexibility index (Phi) is 6.22. The average Bonchev–Trinajstić information content (AvgIpc) is 2.74. The summed E-state index contributed by atoms with van der Waals surface area (Å²) in [6, 6.07) is 9.14. The number of piperidine rings is 1. The first kappa shape index (κ1) is 22.7. The summed E-state index contributed by atoms with van der Waals surface area (Å²) in [5, 5.41) is 10.4. The lowest BCUT2D eigenvalue weighted by atomic mass is 10.0. The third kappa shape index (κ3) is 4.36. The molecule has 1 fully saturated rings. The average molecular weight is 513 g/mol. The number of halogens is 4. The van der Waals surface area contributed by atoms with Crippen molar-refractivity contribution in [3.63, 3.8) is 0 Å². The van der Waals surface area contributed by atoms with E-state index in [1.54, 1.807) is 18.2 Å². The zero-order valence-corrected chi connectivity index (χ0v) is 18.8. The van der Waals surface area contributed by atoms with Gasteiger partial charge in [0, 0.05) is 0 Å². The van der Waals surface area contributed by atoms with E-state index in [4.69, 9.17) is 9.15 Å². The molecule has 2 aromatic carbocycles. The van der Waals surface area contributed by atoms with Gasteiger partial charge in [-0.05, 0) is 66.4 Å². The molecule has 5 nitrogen and oxygen atoms in total. The normalized spacial score (nSPS) is 19.3. The number of alkyl halides is 3. The highest BCUT2D eigenvalue weighted by molar-refractivity contribution is 9.10. The summed E-state index contributed by atoms with van der Waals surface area (Å²) in [7, 11) is 0. The summed E-state index contributed by atoms with van der Waals surface area (Å²) in [4.78, 5) is 14.3. The number of phenolic OH excluding ortho intramolecular Hbond substituents is 1. The van der Waals surface area contributed by atoms with E-state index in [1.807, 2.05) is 0 Å². The second-order valence-electron chi connectivity index (χ2n) is 8.04. The Morgan fingerprint density at radius 2 is 1.97 bits per heavy atom. The summed E-state index contributed by atoms with van der Waals surface area (Å²) in [5.74, 6) is -2.61. The Bertz CT molecular complexity index is 1210. The van der Waals surface area contributed by atoms with Crippen LogP contribution in [0.15, 0.2) is 50.1 Å². The van der Waals surface area contributed by atoms with Crippen molar-refractivity contribution in [3.05, 3.63) is 62.4 Å². The molecule has 2 N–H and O–H groups in total. The second-order valence-corrected chi connectivity index (χ2v) is 8.90. The number of ether oxygens (including phenoxy) is 1. The lowest BCUT2D eigenvalue weighted by molar-refractivity contribution is -0.941. The summed E-state index contributed by atoms with van der Waals surface area (Å²) in [5.41, 5.74) is -1.01. The molecule has 3 aromatic rings. The van der Waals surface area contributed by atoms with Gasteiger partial charge < -0.3 is 19.2 Å². The van der Waals surface area contributed by atoms with Crippen LogP contribution in [0.1, 0.15) is 37.5 Å². The molecule has 170 valence electrons. The van der Waals surface area contributed by atoms with Crippen LogP contribution in [-0.2, 0) is 12.7 Å². The van der Waals surface area contributed by atoms with Gasteiger partial charge in [0.25, 0.3) is 5.76 Å². The molecule has 0 amide bonds. The molecule has 1 saturated heterocycles. The maximum atomic E-state index is 13.9. The van der Waals surface area contributed by atoms with Gasteiger partial charge in [0.05, 0.1) is 28.0 Å². The van der Waals surface area contributed by atoms with Gasteiger partial charge in [0.15, 0.2) is 5.58 Å². The first-order chi connectivity index (χ1) is 15.2. The molecule has 2 atom stereocenters. The monoisotopic (exact) mass is 512 g/mol. The van der Waals surface area contributed by atoms with Crippen LogP contribution in [-0.4, -0.2) is 17.7 Å². The van der Waals surface area contributed by atoms with Crippen LogP contribution < -0.4 is 15.1 Å². The molecule has 0 bridgehead atoms. The largest absolute Gasteiger partial charge is 0.507 e. The van der Waals surface area contributed by atoms with Gasteiger partial charge in [-0.3, -0.25) is 4.79 Å². The molecule has 1 aliphatic heterocycles. The van der Waals surface area contributed by atoms with Gasteiger partial charge >= 0.3 is 6.18 Å². The lowest BCUT2D eigenvalue weighted by Crippen LogP contribution is -3.14. The molecule has 0 spiro atoms. The summed E-state index contributed by atoms with van der Waals surface area (Å²) in [6.07, 6.45) is -1.90. The molecule has 2 heterocycles. The second kappa shape index (κ2) is 8.78. The minimum atomic E-state index is -4.97. The van der Waals surface area contributed by atoms with Gasteiger partial charge in [0.1, 0.15) is 18.0 Å². The third-order valence-corrected chi connectivity index (χ3v) is 6.54. The fourth-order valence-electron chi connectivity index (χ4n) is 4.12. The van der Waals surface area contributed by atoms with Crippen LogP contribution in [0.5, 0.6) is 17.2 Å². The predicted octanol–water partition coefficient (Wildman–Crippen LogP) is 5.03. The first-order valence-electron chi connectivity index (χ1n) is 10.3. The number of aromatic hydroxyl groups is 1. The summed E-state index contributed by atoms with van der Waals surface area (Å²) < 4.78 is 52.9. The molecular weight excluding hydrogens is 491 g/mol. The Morgan fingerprint density at radius 3 is 2.66 bits per heavy atom. The van der Waals surface area contributed by atoms with Crippen molar-refractivity contribution < 1.29 is 32.3 Å². The molecular formula is C23H22BrF3NO4+. The van der Waals surface area contributed by atoms with Crippen molar-refractivity contribution in [3.8, 4) is 17.2 Å². The van der Waals surface area contributed by atoms with Crippen molar-refractivity contribution >= 4 is 26.9 Å². The van der Waals surface area contributed by atoms with Crippen molar-refractivity contribution in [2.75, 3.05) is 6.54 Å². The van der Waals surface area contributed by atoms with E-state index in [0.29, 0.717) is 4.47 Å². The van der Waals surface area contributed by atoms with E-state index >= 15 is 0 Å². The summed E-state index contributed by atoms with van der Waals surface area (Å²) >= 11 is 3.21. The van der Waals surface area contributed by atoms with Gasteiger partial charge in [-0.1, -0.05) is 12.1 Å². The minimum absolute atomic E-state index is 0.0511. The number of likely N-dealkylation sites (tertiary alicyclic amines) is 1. The van der Waals surface area contributed by atoms with Crippen LogP contribution >= 0.6 is 15.9 Å². The van der Waals surface area contributed by atoms with Crippen molar-refractivity contribution in [1.82, 2.24) is 0 Å². The minimum Gasteiger partial charge on any atom is -0.507 e. The molecule has 0 radical (unpaired) electrons. The van der Waals surface area contributed by atoms with Crippen molar-refractivity contribution in [1.29, 1.82) is 0 Å². The van der Waals surface area contributed by atoms with Crippen molar-refractivity contribution in [2.45, 2.75) is 44.9 Å². The van der Waals surface area contributed by atoms with Crippen LogP contribution in [0.4, 0.5) is 13.2 Å². The van der Waals surface area contributed by atoms with E-state index in [9.17, 15) is 23.1 Å². The third-order valence-electron chi connectivity index (χ3n) is 5.89. The number of para-hydroxylation sites is 1. The lowest BCUT2D eigenvalue weighted by Gasteiger charge is -2.30. The van der Waals surface area contributed by atoms with Crippen LogP contribution in [0, 0.1) is 0 Å². The number of phenols is 1. The van der Waals surface area contributed by atoms with Crippen LogP contribution in [0.2, 0.25) is 0 Å². The van der Waals surface area contributed by atoms with Crippen LogP contribution in [0.3, 0.4) is 0 Å². The predicted molar refractivity (Wildman–Crippen MR) is 116 cm³/mol. The van der Waals surface area contributed by atoms with E-state index in [2.05, 4.69) is 22.9 Å². The smallest absolute Gasteiger partial charge is 0.453 e. The molecule has 4 rings (SSSR count). The van der Waals surface area contributed by atoms with E-state index < -0.39 is 23.1 Å². The fourth-order valence-corrected chi connectivity index (χ4v) is 4.48. The van der Waals surface area contributed by atoms with Gasteiger partial charge in [-0.2, -0.15) is 13.2 Å². The van der Waals surface area contributed by atoms with E-state index in [0.717, 1.165) is 30.7 Å². The Hall–Kier alpha value is -2.52. The van der Waals surface area contributed by atoms with Crippen molar-refractivity contribution in [2.24, 2.45) is 0 Å². The molecule has 0 saturated carbocycles. The molecule has 0 aliphatic carbocycles. The van der Waals surface area contributed by atoms with E-state index in [-0.39, 0.29) is 40.6 Å². The maximum absolute atomic E-state index is 13.9. The highest BCUT2D eigenvalue weighted by Crippen LogP contribution is 2.40. The van der Waals surface area contributed by atoms with Gasteiger partial charge in [-0.25, -0.2) is 0 Å². The number of hydrogen-bond acceptors (Lipinski definition) is 4. The molecule has 1 unspecified atom stereocenters. The molecule has 1 aliphatic rings. The number of hydrogen-bond donors (Lipinski definition) is 2. The summed E-state index contributed by atoms with van der Waals surface area (Å²) in [6.45, 7) is 3.16. The zero-order chi connectivity index (χ0) is 23.0. The Balaban J connectivity index is 1.89. The Labute approximate surface area is 190 Å². The van der Waals surface area contributed by atoms with Crippen LogP contribution in [0.25, 0.3) is 11.0 Å². The van der Waals surface area contributed by atoms with E-state index in [1.165, 1.54) is 18.2 Å². The zero-order valence-electron chi connectivity index (χ0n) is 17.3. The molecule has 9 heteroatoms. The highest BCUT2D eigenvalue weighted by Gasteiger charge is 2.41. The Morgan fingerprint density at radius 1 is 1.22 bits per heavy atom. The molecule has 1 aromatic heterocycles. The molecule has 32 heavy (non-hydrogen) atoms. The highest BCUT2D eigenvalue weighted by atomic mass is 79.9. The number of fused-ring (bicyclic) bond motifs is 1.